The molecule has 0 unspecified atom stereocenters. The van der Waals surface area contributed by atoms with Crippen molar-refractivity contribution >= 4 is 11.5 Å². The molecule has 2 aromatic rings. The molecule has 1 N–H and O–H groups in total. The van der Waals surface area contributed by atoms with Crippen molar-refractivity contribution in [2.75, 3.05) is 11.9 Å². The smallest absolute Gasteiger partial charge is 0.333 e. The van der Waals surface area contributed by atoms with Crippen LogP contribution < -0.4 is 10.1 Å². The van der Waals surface area contributed by atoms with Gasteiger partial charge in [-0.2, -0.15) is 5.10 Å². The number of pyridine rings is 1. The predicted molar refractivity (Wildman–Crippen MR) is 84.4 cm³/mol. The highest BCUT2D eigenvalue weighted by Crippen LogP contribution is 2.30. The van der Waals surface area contributed by atoms with Gasteiger partial charge in [-0.1, -0.05) is 0 Å². The fourth-order valence-electron chi connectivity index (χ4n) is 2.38. The second-order valence-corrected chi connectivity index (χ2v) is 5.77. The summed E-state index contributed by atoms with van der Waals surface area (Å²) in [7, 11) is 1.68. The lowest BCUT2D eigenvalue weighted by Gasteiger charge is -2.08. The zero-order chi connectivity index (χ0) is 16.4. The number of ether oxygens (including phenoxy) is 1. The number of aromatic nitrogens is 3. The van der Waals surface area contributed by atoms with Crippen LogP contribution in [0.1, 0.15) is 24.1 Å². The highest BCUT2D eigenvalue weighted by Gasteiger charge is 2.24. The number of rotatable bonds is 7. The van der Waals surface area contributed by atoms with Crippen LogP contribution in [0.2, 0.25) is 0 Å². The van der Waals surface area contributed by atoms with Crippen LogP contribution >= 0.6 is 0 Å². The van der Waals surface area contributed by atoms with Gasteiger partial charge < -0.3 is 10.1 Å². The molecule has 0 radical (unpaired) electrons. The van der Waals surface area contributed by atoms with Gasteiger partial charge in [-0.05, 0) is 37.3 Å². The van der Waals surface area contributed by atoms with Gasteiger partial charge in [0.1, 0.15) is 5.69 Å². The molecule has 8 heteroatoms. The van der Waals surface area contributed by atoms with Crippen LogP contribution in [0.5, 0.6) is 5.88 Å². The van der Waals surface area contributed by atoms with Crippen molar-refractivity contribution in [3.05, 3.63) is 39.7 Å². The summed E-state index contributed by atoms with van der Waals surface area (Å²) >= 11 is 0. The average Bonchev–Trinajstić information content (AvgIpc) is 3.28. The lowest BCUT2D eigenvalue weighted by Crippen LogP contribution is -2.07. The van der Waals surface area contributed by atoms with Crippen LogP contribution in [-0.4, -0.2) is 26.3 Å². The van der Waals surface area contributed by atoms with Crippen molar-refractivity contribution in [3.63, 3.8) is 0 Å². The third-order valence-electron chi connectivity index (χ3n) is 3.80. The van der Waals surface area contributed by atoms with E-state index in [1.807, 2.05) is 12.1 Å². The summed E-state index contributed by atoms with van der Waals surface area (Å²) in [6, 6.07) is 3.70. The highest BCUT2D eigenvalue weighted by atomic mass is 16.6. The fraction of sp³-hybridized carbons (Fsp3) is 0.467. The Labute approximate surface area is 133 Å². The normalized spacial score (nSPS) is 13.8. The van der Waals surface area contributed by atoms with E-state index in [2.05, 4.69) is 15.4 Å². The lowest BCUT2D eigenvalue weighted by molar-refractivity contribution is -0.384. The summed E-state index contributed by atoms with van der Waals surface area (Å²) in [5.41, 5.74) is 1.34. The molecule has 0 saturated heterocycles. The summed E-state index contributed by atoms with van der Waals surface area (Å²) in [6.07, 6.45) is 4.14. The number of nitrogens with one attached hydrogen (secondary N) is 1. The Kier molecular flexibility index (Phi) is 4.14. The third kappa shape index (κ3) is 3.58. The molecule has 2 heterocycles. The Balaban J connectivity index is 1.68. The molecule has 8 nitrogen and oxygen atoms in total. The lowest BCUT2D eigenvalue weighted by atomic mass is 10.2. The van der Waals surface area contributed by atoms with E-state index in [0.29, 0.717) is 36.5 Å². The van der Waals surface area contributed by atoms with Crippen molar-refractivity contribution in [1.82, 2.24) is 14.8 Å². The van der Waals surface area contributed by atoms with Crippen LogP contribution in [0.25, 0.3) is 0 Å². The van der Waals surface area contributed by atoms with Gasteiger partial charge in [0, 0.05) is 25.9 Å². The molecule has 0 atom stereocenters. The molecule has 1 saturated carbocycles. The maximum absolute atomic E-state index is 11.2. The molecule has 0 aromatic carbocycles. The molecule has 23 heavy (non-hydrogen) atoms. The fourth-order valence-corrected chi connectivity index (χ4v) is 2.38. The van der Waals surface area contributed by atoms with Gasteiger partial charge in [-0.25, -0.2) is 9.67 Å². The SMILES string of the molecule is Cc1nn(C)c(NCc2ccnc(OCC3CC3)c2)c1[N+](=O)[O-]. The van der Waals surface area contributed by atoms with Crippen molar-refractivity contribution in [2.24, 2.45) is 13.0 Å². The summed E-state index contributed by atoms with van der Waals surface area (Å²) < 4.78 is 7.13. The number of hydrogen-bond acceptors (Lipinski definition) is 6. The number of nitro groups is 1. The van der Waals surface area contributed by atoms with Crippen molar-refractivity contribution in [2.45, 2.75) is 26.3 Å². The average molecular weight is 317 g/mol. The monoisotopic (exact) mass is 317 g/mol. The second kappa shape index (κ2) is 6.23. The van der Waals surface area contributed by atoms with E-state index < -0.39 is 4.92 Å². The van der Waals surface area contributed by atoms with Crippen LogP contribution in [-0.2, 0) is 13.6 Å². The summed E-state index contributed by atoms with van der Waals surface area (Å²) in [5.74, 6) is 1.65. The second-order valence-electron chi connectivity index (χ2n) is 5.77. The molecule has 1 fully saturated rings. The van der Waals surface area contributed by atoms with Crippen LogP contribution in [0.3, 0.4) is 0 Å². The van der Waals surface area contributed by atoms with E-state index in [0.717, 1.165) is 5.56 Å². The Morgan fingerprint density at radius 1 is 1.52 bits per heavy atom. The molecule has 0 spiro atoms. The quantitative estimate of drug-likeness (QED) is 0.622. The molecule has 1 aliphatic rings. The van der Waals surface area contributed by atoms with E-state index in [4.69, 9.17) is 4.74 Å². The van der Waals surface area contributed by atoms with E-state index in [-0.39, 0.29) is 5.69 Å². The van der Waals surface area contributed by atoms with Gasteiger partial charge in [-0.15, -0.1) is 0 Å². The highest BCUT2D eigenvalue weighted by molar-refractivity contribution is 5.59. The van der Waals surface area contributed by atoms with Crippen molar-refractivity contribution in [3.8, 4) is 5.88 Å². The molecular formula is C15H19N5O3. The van der Waals surface area contributed by atoms with E-state index >= 15 is 0 Å². The van der Waals surface area contributed by atoms with E-state index in [1.165, 1.54) is 17.5 Å². The predicted octanol–water partition coefficient (Wildman–Crippen LogP) is 2.43. The first kappa shape index (κ1) is 15.3. The molecular weight excluding hydrogens is 298 g/mol. The van der Waals surface area contributed by atoms with Gasteiger partial charge in [0.05, 0.1) is 11.5 Å². The largest absolute Gasteiger partial charge is 0.477 e. The summed E-state index contributed by atoms with van der Waals surface area (Å²) in [4.78, 5) is 14.9. The number of hydrogen-bond donors (Lipinski definition) is 1. The van der Waals surface area contributed by atoms with Gasteiger partial charge in [0.25, 0.3) is 0 Å². The Morgan fingerprint density at radius 3 is 3.00 bits per heavy atom. The first-order valence-electron chi connectivity index (χ1n) is 7.54. The minimum atomic E-state index is -0.415. The van der Waals surface area contributed by atoms with Crippen LogP contribution in [0, 0.1) is 23.0 Å². The topological polar surface area (TPSA) is 95.1 Å². The molecule has 0 aliphatic heterocycles. The standard InChI is InChI=1S/C15H19N5O3/c1-10-14(20(21)22)15(19(2)18-10)17-8-12-5-6-16-13(7-12)23-9-11-3-4-11/h5-7,11,17H,3-4,8-9H2,1-2H3. The summed E-state index contributed by atoms with van der Waals surface area (Å²) in [6.45, 7) is 2.76. The van der Waals surface area contributed by atoms with Crippen LogP contribution in [0.4, 0.5) is 11.5 Å². The minimum absolute atomic E-state index is 0.00626. The minimum Gasteiger partial charge on any atom is -0.477 e. The first-order chi connectivity index (χ1) is 11.0. The van der Waals surface area contributed by atoms with Gasteiger partial charge in [0.2, 0.25) is 11.7 Å². The molecule has 1 aliphatic carbocycles. The zero-order valence-corrected chi connectivity index (χ0v) is 13.2. The van der Waals surface area contributed by atoms with Crippen molar-refractivity contribution in [1.29, 1.82) is 0 Å². The van der Waals surface area contributed by atoms with Gasteiger partial charge in [0.15, 0.2) is 0 Å². The molecule has 0 bridgehead atoms. The molecule has 2 aromatic heterocycles. The number of aryl methyl sites for hydroxylation is 2. The molecule has 122 valence electrons. The zero-order valence-electron chi connectivity index (χ0n) is 13.2. The van der Waals surface area contributed by atoms with Gasteiger partial charge in [-0.3, -0.25) is 10.1 Å². The van der Waals surface area contributed by atoms with E-state index in [9.17, 15) is 10.1 Å². The summed E-state index contributed by atoms with van der Waals surface area (Å²) in [5, 5.41) is 18.3. The third-order valence-corrected chi connectivity index (χ3v) is 3.80. The maximum Gasteiger partial charge on any atom is 0.333 e. The molecule has 3 rings (SSSR count). The Hall–Kier alpha value is -2.64. The van der Waals surface area contributed by atoms with E-state index in [1.54, 1.807) is 20.2 Å². The molecule has 0 amide bonds. The maximum atomic E-state index is 11.2. The number of nitrogens with zero attached hydrogens (tertiary/aromatic N) is 4. The Morgan fingerprint density at radius 2 is 2.30 bits per heavy atom. The van der Waals surface area contributed by atoms with Crippen LogP contribution in [0.15, 0.2) is 18.3 Å². The Bertz CT molecular complexity index is 724. The van der Waals surface area contributed by atoms with Crippen molar-refractivity contribution < 1.29 is 9.66 Å². The number of anilines is 1. The first-order valence-corrected chi connectivity index (χ1v) is 7.54. The van der Waals surface area contributed by atoms with Gasteiger partial charge >= 0.3 is 5.69 Å².